The van der Waals surface area contributed by atoms with Crippen LogP contribution >= 0.6 is 0 Å². The molecule has 1 saturated carbocycles. The van der Waals surface area contributed by atoms with Gasteiger partial charge in [0, 0.05) is 31.5 Å². The van der Waals surface area contributed by atoms with Gasteiger partial charge >= 0.3 is 0 Å². The van der Waals surface area contributed by atoms with E-state index in [1.807, 2.05) is 7.05 Å². The molecule has 2 amide bonds. The molecule has 0 radical (unpaired) electrons. The zero-order chi connectivity index (χ0) is 20.1. The summed E-state index contributed by atoms with van der Waals surface area (Å²) in [5.74, 6) is -0.0170. The van der Waals surface area contributed by atoms with Crippen molar-refractivity contribution >= 4 is 29.3 Å². The van der Waals surface area contributed by atoms with Crippen LogP contribution in [-0.2, 0) is 11.8 Å². The number of aromatic nitrogens is 4. The van der Waals surface area contributed by atoms with Crippen molar-refractivity contribution in [1.82, 2.24) is 25.1 Å². The van der Waals surface area contributed by atoms with Crippen LogP contribution in [0.5, 0.6) is 0 Å². The lowest BCUT2D eigenvalue weighted by molar-refractivity contribution is -0.117. The third-order valence-corrected chi connectivity index (χ3v) is 4.62. The highest BCUT2D eigenvalue weighted by atomic mass is 16.1. The Morgan fingerprint density at radius 3 is 2.57 bits per heavy atom. The van der Waals surface area contributed by atoms with Crippen molar-refractivity contribution in [2.24, 2.45) is 12.8 Å². The number of amides is 2. The second-order valence-corrected chi connectivity index (χ2v) is 6.75. The van der Waals surface area contributed by atoms with E-state index in [4.69, 9.17) is 5.73 Å². The third-order valence-electron chi connectivity index (χ3n) is 4.62. The molecule has 10 heteroatoms. The SMILES string of the molecule is C=CC(=O)NC1CCC(Nc2nc(Nc3cnn(C)c3)ncc2C(N)=O)CC1. The van der Waals surface area contributed by atoms with Gasteiger partial charge in [-0.1, -0.05) is 6.58 Å². The number of nitrogens with two attached hydrogens (primary N) is 1. The van der Waals surface area contributed by atoms with Gasteiger partial charge in [0.1, 0.15) is 5.82 Å². The molecule has 0 atom stereocenters. The van der Waals surface area contributed by atoms with Crippen LogP contribution in [0.1, 0.15) is 36.0 Å². The number of anilines is 3. The topological polar surface area (TPSA) is 140 Å². The number of nitrogens with one attached hydrogen (secondary N) is 3. The van der Waals surface area contributed by atoms with Crippen molar-refractivity contribution in [1.29, 1.82) is 0 Å². The van der Waals surface area contributed by atoms with Crippen LogP contribution < -0.4 is 21.7 Å². The molecule has 10 nitrogen and oxygen atoms in total. The maximum Gasteiger partial charge on any atom is 0.254 e. The summed E-state index contributed by atoms with van der Waals surface area (Å²) in [6.07, 6.45) is 9.44. The minimum Gasteiger partial charge on any atom is -0.367 e. The minimum absolute atomic E-state index is 0.121. The highest BCUT2D eigenvalue weighted by molar-refractivity contribution is 5.97. The van der Waals surface area contributed by atoms with Crippen molar-refractivity contribution in [3.63, 3.8) is 0 Å². The Balaban J connectivity index is 1.68. The molecule has 0 saturated heterocycles. The summed E-state index contributed by atoms with van der Waals surface area (Å²) in [4.78, 5) is 31.8. The smallest absolute Gasteiger partial charge is 0.254 e. The quantitative estimate of drug-likeness (QED) is 0.524. The van der Waals surface area contributed by atoms with Gasteiger partial charge in [0.25, 0.3) is 5.91 Å². The van der Waals surface area contributed by atoms with E-state index in [9.17, 15) is 9.59 Å². The maximum absolute atomic E-state index is 11.8. The number of rotatable bonds is 7. The van der Waals surface area contributed by atoms with E-state index >= 15 is 0 Å². The summed E-state index contributed by atoms with van der Waals surface area (Å²) in [5.41, 5.74) is 6.44. The molecule has 1 aliphatic carbocycles. The van der Waals surface area contributed by atoms with Gasteiger partial charge in [0.2, 0.25) is 11.9 Å². The van der Waals surface area contributed by atoms with Crippen LogP contribution in [0.15, 0.2) is 31.2 Å². The third kappa shape index (κ3) is 4.84. The van der Waals surface area contributed by atoms with Gasteiger partial charge in [-0.3, -0.25) is 14.3 Å². The first-order chi connectivity index (χ1) is 13.4. The molecule has 2 heterocycles. The number of primary amides is 1. The van der Waals surface area contributed by atoms with E-state index < -0.39 is 5.91 Å². The molecular formula is C18H24N8O2. The largest absolute Gasteiger partial charge is 0.367 e. The first kappa shape index (κ1) is 19.3. The molecule has 2 aromatic heterocycles. The number of hydrogen-bond donors (Lipinski definition) is 4. The molecule has 0 bridgehead atoms. The zero-order valence-corrected chi connectivity index (χ0v) is 15.7. The molecule has 0 aromatic carbocycles. The van der Waals surface area contributed by atoms with Gasteiger partial charge < -0.3 is 21.7 Å². The average molecular weight is 384 g/mol. The molecular weight excluding hydrogens is 360 g/mol. The lowest BCUT2D eigenvalue weighted by atomic mass is 9.91. The lowest BCUT2D eigenvalue weighted by Crippen LogP contribution is -2.39. The van der Waals surface area contributed by atoms with Crippen molar-refractivity contribution in [2.75, 3.05) is 10.6 Å². The van der Waals surface area contributed by atoms with Crippen LogP contribution in [0, 0.1) is 0 Å². The summed E-state index contributed by atoms with van der Waals surface area (Å²) in [6, 6.07) is 0.253. The number of nitrogens with zero attached hydrogens (tertiary/aromatic N) is 4. The molecule has 1 aliphatic rings. The fraction of sp³-hybridized carbons (Fsp3) is 0.389. The van der Waals surface area contributed by atoms with Crippen LogP contribution in [0.2, 0.25) is 0 Å². The second-order valence-electron chi connectivity index (χ2n) is 6.75. The Morgan fingerprint density at radius 2 is 1.96 bits per heavy atom. The van der Waals surface area contributed by atoms with Gasteiger partial charge in [-0.05, 0) is 31.8 Å². The van der Waals surface area contributed by atoms with Crippen LogP contribution in [-0.4, -0.2) is 43.6 Å². The van der Waals surface area contributed by atoms with Gasteiger partial charge in [-0.2, -0.15) is 10.1 Å². The van der Waals surface area contributed by atoms with Crippen LogP contribution in [0.25, 0.3) is 0 Å². The Labute approximate surface area is 162 Å². The van der Waals surface area contributed by atoms with Gasteiger partial charge in [0.15, 0.2) is 0 Å². The lowest BCUT2D eigenvalue weighted by Gasteiger charge is -2.30. The maximum atomic E-state index is 11.8. The highest BCUT2D eigenvalue weighted by Gasteiger charge is 2.23. The summed E-state index contributed by atoms with van der Waals surface area (Å²) < 4.78 is 1.66. The predicted molar refractivity (Wildman–Crippen MR) is 105 cm³/mol. The summed E-state index contributed by atoms with van der Waals surface area (Å²) in [5, 5.41) is 13.4. The van der Waals surface area contributed by atoms with E-state index in [1.54, 1.807) is 17.1 Å². The first-order valence-electron chi connectivity index (χ1n) is 9.06. The average Bonchev–Trinajstić information content (AvgIpc) is 3.08. The van der Waals surface area contributed by atoms with Crippen molar-refractivity contribution < 1.29 is 9.59 Å². The molecule has 5 N–H and O–H groups in total. The molecule has 1 fully saturated rings. The first-order valence-corrected chi connectivity index (χ1v) is 9.06. The summed E-state index contributed by atoms with van der Waals surface area (Å²) in [6.45, 7) is 3.47. The number of aryl methyl sites for hydroxylation is 1. The van der Waals surface area contributed by atoms with Crippen LogP contribution in [0.4, 0.5) is 17.5 Å². The molecule has 148 valence electrons. The summed E-state index contributed by atoms with van der Waals surface area (Å²) in [7, 11) is 1.81. The number of carbonyl (C=O) groups is 2. The zero-order valence-electron chi connectivity index (χ0n) is 15.7. The van der Waals surface area contributed by atoms with E-state index in [2.05, 4.69) is 37.6 Å². The Morgan fingerprint density at radius 1 is 1.25 bits per heavy atom. The molecule has 0 spiro atoms. The van der Waals surface area contributed by atoms with Gasteiger partial charge in [-0.15, -0.1) is 0 Å². The fourth-order valence-corrected chi connectivity index (χ4v) is 3.18. The minimum atomic E-state index is -0.595. The van der Waals surface area contributed by atoms with E-state index in [0.29, 0.717) is 11.8 Å². The standard InChI is InChI=1S/C18H24N8O2/c1-3-15(27)22-11-4-6-12(7-5-11)23-17-14(16(19)28)9-20-18(25-17)24-13-8-21-26(2)10-13/h3,8-12H,1,4-7H2,2H3,(H2,19,28)(H,22,27)(H2,20,23,24,25). The summed E-state index contributed by atoms with van der Waals surface area (Å²) >= 11 is 0. The second kappa shape index (κ2) is 8.51. The van der Waals surface area contributed by atoms with Crippen molar-refractivity contribution in [2.45, 2.75) is 37.8 Å². The normalized spacial score (nSPS) is 18.9. The Kier molecular flexibility index (Phi) is 5.87. The highest BCUT2D eigenvalue weighted by Crippen LogP contribution is 2.24. The van der Waals surface area contributed by atoms with E-state index in [-0.39, 0.29) is 23.6 Å². The Bertz CT molecular complexity index is 870. The Hall–Kier alpha value is -3.43. The molecule has 3 rings (SSSR count). The van der Waals surface area contributed by atoms with E-state index in [0.717, 1.165) is 31.4 Å². The van der Waals surface area contributed by atoms with Crippen molar-refractivity contribution in [3.8, 4) is 0 Å². The number of carbonyl (C=O) groups excluding carboxylic acids is 2. The number of hydrogen-bond acceptors (Lipinski definition) is 7. The molecule has 28 heavy (non-hydrogen) atoms. The molecule has 2 aromatic rings. The molecule has 0 unspecified atom stereocenters. The van der Waals surface area contributed by atoms with Gasteiger partial charge in [-0.25, -0.2) is 4.98 Å². The van der Waals surface area contributed by atoms with Gasteiger partial charge in [0.05, 0.1) is 17.4 Å². The monoisotopic (exact) mass is 384 g/mol. The predicted octanol–water partition coefficient (Wildman–Crippen LogP) is 1.08. The molecule has 0 aliphatic heterocycles. The van der Waals surface area contributed by atoms with Crippen molar-refractivity contribution in [3.05, 3.63) is 36.8 Å². The van der Waals surface area contributed by atoms with E-state index in [1.165, 1.54) is 12.3 Å². The fourth-order valence-electron chi connectivity index (χ4n) is 3.18. The van der Waals surface area contributed by atoms with Crippen LogP contribution in [0.3, 0.4) is 0 Å².